The van der Waals surface area contributed by atoms with Crippen LogP contribution >= 0.6 is 0 Å². The molecule has 10 heteroatoms. The number of aliphatic carboxylic acids is 1. The summed E-state index contributed by atoms with van der Waals surface area (Å²) in [5, 5.41) is 9.34. The van der Waals surface area contributed by atoms with Gasteiger partial charge in [-0.1, -0.05) is 30.3 Å². The zero-order chi connectivity index (χ0) is 27.0. The third-order valence-electron chi connectivity index (χ3n) is 5.57. The molecule has 0 aliphatic heterocycles. The summed E-state index contributed by atoms with van der Waals surface area (Å²) in [6.45, 7) is 3.09. The third-order valence-corrected chi connectivity index (χ3v) is 6.84. The number of carboxylic acids is 1. The van der Waals surface area contributed by atoms with Gasteiger partial charge < -0.3 is 9.67 Å². The van der Waals surface area contributed by atoms with Gasteiger partial charge in [0.25, 0.3) is 0 Å². The summed E-state index contributed by atoms with van der Waals surface area (Å²) in [6, 6.07) is 27.2. The molecular formula is C29H33FeIN5O3+2. The van der Waals surface area contributed by atoms with E-state index in [1.165, 1.54) is 0 Å². The average Bonchev–Trinajstić information content (AvgIpc) is 2.94. The zero-order valence-corrected chi connectivity index (χ0v) is 24.8. The van der Waals surface area contributed by atoms with E-state index >= 15 is 0 Å². The van der Waals surface area contributed by atoms with Gasteiger partial charge in [-0.25, -0.2) is 0 Å². The Labute approximate surface area is 251 Å². The Bertz CT molecular complexity index is 1220. The topological polar surface area (TPSA) is 93.7 Å². The van der Waals surface area contributed by atoms with Crippen molar-refractivity contribution in [1.82, 2.24) is 19.8 Å². The van der Waals surface area contributed by atoms with E-state index in [4.69, 9.17) is 3.44 Å². The van der Waals surface area contributed by atoms with Crippen LogP contribution in [-0.2, 0) is 41.5 Å². The molecule has 0 saturated carbocycles. The molecule has 3 heterocycles. The molecule has 0 bridgehead atoms. The van der Waals surface area contributed by atoms with Crippen LogP contribution < -0.4 is 26.2 Å². The predicted octanol–water partition coefficient (Wildman–Crippen LogP) is -0.157. The molecule has 1 radical (unpaired) electrons. The van der Waals surface area contributed by atoms with Crippen LogP contribution in [0.1, 0.15) is 17.1 Å². The Hall–Kier alpha value is -2.86. The molecule has 39 heavy (non-hydrogen) atoms. The van der Waals surface area contributed by atoms with Gasteiger partial charge >= 0.3 is 82.0 Å². The normalized spacial score (nSPS) is 10.5. The van der Waals surface area contributed by atoms with Crippen molar-refractivity contribution in [1.29, 1.82) is 0 Å². The molecule has 0 saturated heterocycles. The SMILES string of the molecule is O[I-]c1ccccc1.[CH2-][n+]1ccccc1CN(CCN(CC(=O)O)Cc1ccccn1)Cc1ccccn1.[Fe+3]. The number of pyridine rings is 3. The smallest absolute Gasteiger partial charge is 0.480 e. The van der Waals surface area contributed by atoms with Gasteiger partial charge in [0, 0.05) is 52.2 Å². The average molecular weight is 682 g/mol. The van der Waals surface area contributed by atoms with Crippen molar-refractivity contribution in [3.63, 3.8) is 0 Å². The largest absolute Gasteiger partial charge is 3.00 e. The first kappa shape index (κ1) is 32.4. The van der Waals surface area contributed by atoms with Crippen LogP contribution in [0.4, 0.5) is 0 Å². The number of nitrogens with zero attached hydrogens (tertiary/aromatic N) is 5. The molecule has 4 rings (SSSR count). The quantitative estimate of drug-likeness (QED) is 0.0930. The number of carbonyl (C=O) groups is 1. The summed E-state index contributed by atoms with van der Waals surface area (Å²) >= 11 is -0.691. The van der Waals surface area contributed by atoms with Gasteiger partial charge in [0.05, 0.1) is 29.8 Å². The summed E-state index contributed by atoms with van der Waals surface area (Å²) < 4.78 is 11.6. The van der Waals surface area contributed by atoms with E-state index in [0.717, 1.165) is 20.7 Å². The number of aromatic nitrogens is 3. The maximum Gasteiger partial charge on any atom is 3.00 e. The van der Waals surface area contributed by atoms with Crippen molar-refractivity contribution in [3.05, 3.63) is 131 Å². The molecule has 0 unspecified atom stereocenters. The minimum atomic E-state index is -0.846. The van der Waals surface area contributed by atoms with Crippen molar-refractivity contribution in [3.8, 4) is 0 Å². The van der Waals surface area contributed by atoms with E-state index in [1.54, 1.807) is 12.4 Å². The third kappa shape index (κ3) is 12.7. The molecule has 8 nitrogen and oxygen atoms in total. The molecule has 205 valence electrons. The van der Waals surface area contributed by atoms with E-state index in [-0.39, 0.29) is 23.6 Å². The number of rotatable bonds is 12. The van der Waals surface area contributed by atoms with Gasteiger partial charge in [-0.2, -0.15) is 0 Å². The second kappa shape index (κ2) is 18.4. The van der Waals surface area contributed by atoms with Crippen LogP contribution in [0.25, 0.3) is 0 Å². The van der Waals surface area contributed by atoms with E-state index in [9.17, 15) is 9.90 Å². The van der Waals surface area contributed by atoms with Crippen molar-refractivity contribution in [2.45, 2.75) is 19.6 Å². The molecule has 1 aromatic carbocycles. The van der Waals surface area contributed by atoms with E-state index in [2.05, 4.69) is 21.9 Å². The number of hydrogen-bond donors (Lipinski definition) is 2. The summed E-state index contributed by atoms with van der Waals surface area (Å²) in [7, 11) is 4.05. The number of benzene rings is 1. The standard InChI is InChI=1S/C23H27N5O2.C6H6IO.Fe/c1-26-13-7-4-10-22(26)18-27(16-20-8-2-5-11-24-20)14-15-28(19-23(29)30)17-21-9-3-6-12-25-21;8-7-6-4-2-1-3-5-6;/h2-13H,1,14-19H2,(H,29,30);1-5,8H;/q;-1;+3. The fourth-order valence-electron chi connectivity index (χ4n) is 3.70. The van der Waals surface area contributed by atoms with Crippen molar-refractivity contribution in [2.24, 2.45) is 0 Å². The molecule has 0 amide bonds. The molecule has 2 N–H and O–H groups in total. The van der Waals surface area contributed by atoms with E-state index in [0.29, 0.717) is 32.7 Å². The van der Waals surface area contributed by atoms with Gasteiger partial charge in [0.15, 0.2) is 0 Å². The van der Waals surface area contributed by atoms with Crippen LogP contribution in [-0.4, -0.2) is 53.9 Å². The maximum absolute atomic E-state index is 11.4. The van der Waals surface area contributed by atoms with Crippen LogP contribution in [0.2, 0.25) is 0 Å². The molecule has 0 aliphatic rings. The molecule has 0 atom stereocenters. The predicted molar refractivity (Wildman–Crippen MR) is 140 cm³/mol. The van der Waals surface area contributed by atoms with Crippen molar-refractivity contribution >= 4 is 5.97 Å². The van der Waals surface area contributed by atoms with Gasteiger partial charge in [-0.3, -0.25) is 24.6 Å². The van der Waals surface area contributed by atoms with Crippen molar-refractivity contribution < 1.29 is 56.6 Å². The maximum atomic E-state index is 11.4. The Morgan fingerprint density at radius 3 is 1.87 bits per heavy atom. The molecule has 0 aliphatic carbocycles. The van der Waals surface area contributed by atoms with Crippen LogP contribution in [0.15, 0.2) is 104 Å². The first-order valence-corrected chi connectivity index (χ1v) is 14.2. The summed E-state index contributed by atoms with van der Waals surface area (Å²) in [5.41, 5.74) is 2.90. The number of halogens is 1. The van der Waals surface area contributed by atoms with E-state index < -0.39 is 27.6 Å². The molecule has 4 aromatic rings. The zero-order valence-electron chi connectivity index (χ0n) is 21.5. The number of hydrogen-bond acceptors (Lipinski definition) is 6. The van der Waals surface area contributed by atoms with Gasteiger partial charge in [-0.05, 0) is 24.3 Å². The molecule has 0 spiro atoms. The Kier molecular flexibility index (Phi) is 15.3. The Morgan fingerprint density at radius 2 is 1.36 bits per heavy atom. The molecule has 0 fully saturated rings. The summed E-state index contributed by atoms with van der Waals surface area (Å²) in [5.74, 6) is -0.846. The van der Waals surface area contributed by atoms with Gasteiger partial charge in [0.1, 0.15) is 0 Å². The Morgan fingerprint density at radius 1 is 0.795 bits per heavy atom. The minimum absolute atomic E-state index is 0. The van der Waals surface area contributed by atoms with Crippen LogP contribution in [0.3, 0.4) is 0 Å². The van der Waals surface area contributed by atoms with Crippen LogP contribution in [0, 0.1) is 10.6 Å². The Balaban J connectivity index is 0.000000508. The second-order valence-corrected chi connectivity index (χ2v) is 10.2. The van der Waals surface area contributed by atoms with Gasteiger partial charge in [0.2, 0.25) is 0 Å². The monoisotopic (exact) mass is 682 g/mol. The number of carboxylic acid groups (broad SMARTS) is 1. The van der Waals surface area contributed by atoms with Crippen LogP contribution in [0.5, 0.6) is 0 Å². The second-order valence-electron chi connectivity index (χ2n) is 8.50. The first-order chi connectivity index (χ1) is 18.5. The molecule has 3 aromatic heterocycles. The van der Waals surface area contributed by atoms with E-state index in [1.807, 2.05) is 101 Å². The fraction of sp³-hybridized carbons (Fsp3) is 0.207. The fourth-order valence-corrected chi connectivity index (χ4v) is 4.44. The molecular weight excluding hydrogens is 649 g/mol. The van der Waals surface area contributed by atoms with Crippen molar-refractivity contribution in [2.75, 3.05) is 19.6 Å². The summed E-state index contributed by atoms with van der Waals surface area (Å²) in [6.07, 6.45) is 5.44. The minimum Gasteiger partial charge on any atom is -0.480 e. The first-order valence-electron chi connectivity index (χ1n) is 12.1. The summed E-state index contributed by atoms with van der Waals surface area (Å²) in [4.78, 5) is 24.3. The van der Waals surface area contributed by atoms with Gasteiger partial charge in [-0.15, -0.1) is 0 Å².